The minimum atomic E-state index is -1.92. The number of allylic oxidation sites excluding steroid dienone is 1. The summed E-state index contributed by atoms with van der Waals surface area (Å²) in [5.74, 6) is -0.559. The number of anilines is 1. The predicted molar refractivity (Wildman–Crippen MR) is 135 cm³/mol. The van der Waals surface area contributed by atoms with Gasteiger partial charge in [-0.1, -0.05) is 50.3 Å². The van der Waals surface area contributed by atoms with Gasteiger partial charge >= 0.3 is 0 Å². The molecule has 1 saturated heterocycles. The van der Waals surface area contributed by atoms with Crippen molar-refractivity contribution in [2.24, 2.45) is 5.41 Å². The second kappa shape index (κ2) is 6.91. The summed E-state index contributed by atoms with van der Waals surface area (Å²) in [6, 6.07) is 13.6. The summed E-state index contributed by atoms with van der Waals surface area (Å²) in [6.45, 7) is 11.2. The van der Waals surface area contributed by atoms with Crippen molar-refractivity contribution >= 4 is 28.4 Å². The van der Waals surface area contributed by atoms with Crippen LogP contribution in [0, 0.1) is 5.41 Å². The molecule has 3 aliphatic heterocycles. The highest BCUT2D eigenvalue weighted by molar-refractivity contribution is 5.98. The topological polar surface area (TPSA) is 95.7 Å². The van der Waals surface area contributed by atoms with E-state index in [1.165, 1.54) is 16.4 Å². The van der Waals surface area contributed by atoms with Crippen molar-refractivity contribution in [3.63, 3.8) is 0 Å². The second-order valence-corrected chi connectivity index (χ2v) is 10.7. The number of rotatable bonds is 2. The molecule has 36 heavy (non-hydrogen) atoms. The van der Waals surface area contributed by atoms with Gasteiger partial charge in [0.05, 0.1) is 16.3 Å². The fourth-order valence-corrected chi connectivity index (χ4v) is 6.77. The number of amides is 2. The fourth-order valence-electron chi connectivity index (χ4n) is 6.77. The number of benzene rings is 2. The molecule has 0 saturated carbocycles. The number of para-hydroxylation sites is 2. The van der Waals surface area contributed by atoms with Gasteiger partial charge in [0.1, 0.15) is 12.2 Å². The van der Waals surface area contributed by atoms with Crippen LogP contribution in [0.25, 0.3) is 10.9 Å². The van der Waals surface area contributed by atoms with E-state index in [9.17, 15) is 19.5 Å². The molecule has 8 heteroatoms. The molecule has 1 aromatic heterocycles. The second-order valence-electron chi connectivity index (χ2n) is 10.7. The highest BCUT2D eigenvalue weighted by Crippen LogP contribution is 2.66. The summed E-state index contributed by atoms with van der Waals surface area (Å²) in [5.41, 5.74) is -1.84. The molecule has 1 N–H and O–H groups in total. The number of hydrogen-bond donors (Lipinski definition) is 1. The van der Waals surface area contributed by atoms with E-state index >= 15 is 0 Å². The molecule has 1 fully saturated rings. The van der Waals surface area contributed by atoms with E-state index in [1.54, 1.807) is 36.1 Å². The fraction of sp³-hybridized carbons (Fsp3) is 0.357. The minimum absolute atomic E-state index is 0.0493. The van der Waals surface area contributed by atoms with Gasteiger partial charge in [0.15, 0.2) is 5.82 Å². The lowest BCUT2D eigenvalue weighted by atomic mass is 9.60. The molecule has 184 valence electrons. The Labute approximate surface area is 208 Å². The number of fused-ring (bicyclic) bond motifs is 8. The number of aromatic nitrogens is 2. The zero-order chi connectivity index (χ0) is 25.8. The Kier molecular flexibility index (Phi) is 4.35. The van der Waals surface area contributed by atoms with Gasteiger partial charge in [0.2, 0.25) is 17.5 Å². The summed E-state index contributed by atoms with van der Waals surface area (Å²) in [4.78, 5) is 48.6. The Morgan fingerprint density at radius 1 is 1.17 bits per heavy atom. The third-order valence-corrected chi connectivity index (χ3v) is 8.65. The number of aliphatic hydroxyl groups is 1. The van der Waals surface area contributed by atoms with Gasteiger partial charge in [-0.25, -0.2) is 4.98 Å². The molecule has 4 heterocycles. The predicted octanol–water partition coefficient (Wildman–Crippen LogP) is 3.19. The molecule has 2 aromatic carbocycles. The van der Waals surface area contributed by atoms with Crippen molar-refractivity contribution in [3.8, 4) is 0 Å². The van der Waals surface area contributed by atoms with E-state index in [0.717, 1.165) is 5.56 Å². The van der Waals surface area contributed by atoms with Crippen LogP contribution < -0.4 is 10.5 Å². The van der Waals surface area contributed by atoms with Crippen LogP contribution in [-0.2, 0) is 20.7 Å². The first-order chi connectivity index (χ1) is 17.0. The van der Waals surface area contributed by atoms with Gasteiger partial charge in [0, 0.05) is 19.0 Å². The lowest BCUT2D eigenvalue weighted by Crippen LogP contribution is -2.63. The molecule has 0 bridgehead atoms. The molecule has 0 radical (unpaired) electrons. The average molecular weight is 485 g/mol. The van der Waals surface area contributed by atoms with Crippen molar-refractivity contribution in [3.05, 3.63) is 82.9 Å². The van der Waals surface area contributed by atoms with Crippen LogP contribution in [0.5, 0.6) is 0 Å². The Morgan fingerprint density at radius 2 is 1.83 bits per heavy atom. The van der Waals surface area contributed by atoms with E-state index in [-0.39, 0.29) is 23.7 Å². The van der Waals surface area contributed by atoms with Crippen LogP contribution in [0.2, 0.25) is 0 Å². The lowest BCUT2D eigenvalue weighted by Gasteiger charge is -2.46. The zero-order valence-corrected chi connectivity index (χ0v) is 20.7. The summed E-state index contributed by atoms with van der Waals surface area (Å²) >= 11 is 0. The third kappa shape index (κ3) is 2.38. The van der Waals surface area contributed by atoms with Gasteiger partial charge in [-0.15, -0.1) is 6.58 Å². The highest BCUT2D eigenvalue weighted by atomic mass is 16.3. The average Bonchev–Trinajstić information content (AvgIpc) is 3.30. The molecule has 4 atom stereocenters. The Hall–Kier alpha value is -3.78. The highest BCUT2D eigenvalue weighted by Gasteiger charge is 2.74. The molecule has 6 rings (SSSR count). The SMILES string of the molecule is C=CC(C)(C)[C@@]12C[C@]3(O)c4nc5ccccc5c(=O)n4[C@H](C)C(=O)N3[C@@H]1N(C(C)=O)c1ccccc12. The van der Waals surface area contributed by atoms with Crippen molar-refractivity contribution in [1.29, 1.82) is 0 Å². The van der Waals surface area contributed by atoms with Gasteiger partial charge in [-0.2, -0.15) is 0 Å². The normalized spacial score (nSPS) is 28.5. The largest absolute Gasteiger partial charge is 0.364 e. The smallest absolute Gasteiger partial charge is 0.262 e. The number of nitrogens with zero attached hydrogens (tertiary/aromatic N) is 4. The Balaban J connectivity index is 1.74. The molecular weight excluding hydrogens is 456 g/mol. The summed E-state index contributed by atoms with van der Waals surface area (Å²) < 4.78 is 1.32. The van der Waals surface area contributed by atoms with Gasteiger partial charge in [-0.05, 0) is 36.1 Å². The minimum Gasteiger partial charge on any atom is -0.364 e. The van der Waals surface area contributed by atoms with Gasteiger partial charge in [0.25, 0.3) is 5.56 Å². The quantitative estimate of drug-likeness (QED) is 0.564. The first-order valence-electron chi connectivity index (χ1n) is 12.1. The van der Waals surface area contributed by atoms with Crippen molar-refractivity contribution in [2.75, 3.05) is 4.90 Å². The van der Waals surface area contributed by atoms with Crippen LogP contribution >= 0.6 is 0 Å². The number of carbonyl (C=O) groups is 2. The molecule has 8 nitrogen and oxygen atoms in total. The van der Waals surface area contributed by atoms with E-state index in [2.05, 4.69) is 6.58 Å². The maximum Gasteiger partial charge on any atom is 0.262 e. The maximum atomic E-state index is 14.1. The number of carbonyl (C=O) groups excluding carboxylic acids is 2. The van der Waals surface area contributed by atoms with Crippen LogP contribution in [0.4, 0.5) is 5.69 Å². The van der Waals surface area contributed by atoms with Crippen LogP contribution in [0.3, 0.4) is 0 Å². The summed E-state index contributed by atoms with van der Waals surface area (Å²) in [6.07, 6.45) is 1.04. The van der Waals surface area contributed by atoms with E-state index in [0.29, 0.717) is 16.6 Å². The van der Waals surface area contributed by atoms with Crippen molar-refractivity contribution < 1.29 is 14.7 Å². The summed E-state index contributed by atoms with van der Waals surface area (Å²) in [7, 11) is 0. The van der Waals surface area contributed by atoms with Gasteiger partial charge < -0.3 is 5.11 Å². The van der Waals surface area contributed by atoms with Crippen molar-refractivity contribution in [2.45, 2.75) is 57.5 Å². The molecule has 0 unspecified atom stereocenters. The molecule has 0 aliphatic carbocycles. The molecule has 2 amide bonds. The van der Waals surface area contributed by atoms with Crippen LogP contribution in [0.1, 0.15) is 51.5 Å². The molecular formula is C28H28N4O4. The molecule has 3 aliphatic rings. The third-order valence-electron chi connectivity index (χ3n) is 8.65. The van der Waals surface area contributed by atoms with Crippen LogP contribution in [0.15, 0.2) is 66.0 Å². The first-order valence-corrected chi connectivity index (χ1v) is 12.1. The van der Waals surface area contributed by atoms with E-state index in [1.807, 2.05) is 44.2 Å². The van der Waals surface area contributed by atoms with E-state index in [4.69, 9.17) is 4.98 Å². The van der Waals surface area contributed by atoms with E-state index < -0.39 is 34.7 Å². The Bertz CT molecular complexity index is 1560. The molecule has 3 aromatic rings. The first kappa shape index (κ1) is 22.7. The summed E-state index contributed by atoms with van der Waals surface area (Å²) in [5, 5.41) is 12.9. The zero-order valence-electron chi connectivity index (χ0n) is 20.7. The number of hydrogen-bond acceptors (Lipinski definition) is 5. The van der Waals surface area contributed by atoms with Crippen molar-refractivity contribution in [1.82, 2.24) is 14.5 Å². The Morgan fingerprint density at radius 3 is 2.53 bits per heavy atom. The monoisotopic (exact) mass is 484 g/mol. The molecule has 0 spiro atoms. The maximum absolute atomic E-state index is 14.1. The van der Waals surface area contributed by atoms with Crippen LogP contribution in [-0.4, -0.2) is 37.5 Å². The lowest BCUT2D eigenvalue weighted by molar-refractivity contribution is -0.172. The standard InChI is InChI=1S/C28H28N4O4/c1-6-26(4,5)27-15-28(36)24-29-20-13-9-7-11-18(20)23(35)30(24)16(2)22(34)32(28)25(27)31(17(3)33)21-14-10-8-12-19(21)27/h6-14,16,25,36H,1,15H2,2-5H3/t16-,25+,27-,28+/m1/s1. The van der Waals surface area contributed by atoms with Gasteiger partial charge in [-0.3, -0.25) is 28.8 Å².